The summed E-state index contributed by atoms with van der Waals surface area (Å²) in [4.78, 5) is 4.59. The molecule has 9 heteroatoms. The largest absolute Gasteiger partial charge is 0.497 e. The second kappa shape index (κ2) is 9.93. The zero-order valence-corrected chi connectivity index (χ0v) is 18.8. The van der Waals surface area contributed by atoms with Crippen LogP contribution in [0.4, 0.5) is 4.39 Å². The summed E-state index contributed by atoms with van der Waals surface area (Å²) >= 11 is 3.11. The first-order valence-electron chi connectivity index (χ1n) is 9.70. The number of aromatic nitrogens is 4. The Morgan fingerprint density at radius 2 is 1.84 bits per heavy atom. The third-order valence-corrected chi connectivity index (χ3v) is 6.48. The Kier molecular flexibility index (Phi) is 6.83. The van der Waals surface area contributed by atoms with Crippen molar-refractivity contribution in [2.45, 2.75) is 30.9 Å². The van der Waals surface area contributed by atoms with Crippen molar-refractivity contribution in [3.05, 3.63) is 76.3 Å². The molecule has 0 bridgehead atoms. The molecule has 4 rings (SSSR count). The van der Waals surface area contributed by atoms with Gasteiger partial charge in [-0.15, -0.1) is 21.5 Å². The number of hydrogen-bond acceptors (Lipinski definition) is 7. The van der Waals surface area contributed by atoms with Crippen LogP contribution >= 0.6 is 23.1 Å². The fourth-order valence-corrected chi connectivity index (χ4v) is 4.60. The molecule has 0 aliphatic heterocycles. The maximum atomic E-state index is 14.6. The van der Waals surface area contributed by atoms with E-state index < -0.39 is 0 Å². The topological polar surface area (TPSA) is 62.1 Å². The highest BCUT2D eigenvalue weighted by Gasteiger charge is 2.18. The molecule has 0 radical (unpaired) electrons. The number of nitrogens with zero attached hydrogens (tertiary/aromatic N) is 4. The van der Waals surface area contributed by atoms with Crippen LogP contribution in [0, 0.1) is 5.82 Å². The zero-order valence-electron chi connectivity index (χ0n) is 17.1. The summed E-state index contributed by atoms with van der Waals surface area (Å²) in [5.74, 6) is 2.19. The summed E-state index contributed by atoms with van der Waals surface area (Å²) in [7, 11) is 1.61. The minimum Gasteiger partial charge on any atom is -0.497 e. The minimum absolute atomic E-state index is 0.144. The van der Waals surface area contributed by atoms with Crippen LogP contribution in [-0.2, 0) is 18.8 Å². The highest BCUT2D eigenvalue weighted by atomic mass is 32.2. The van der Waals surface area contributed by atoms with Gasteiger partial charge in [0.15, 0.2) is 11.0 Å². The number of hydrogen-bond donors (Lipinski definition) is 0. The lowest BCUT2D eigenvalue weighted by molar-refractivity contribution is 0.292. The van der Waals surface area contributed by atoms with Gasteiger partial charge in [-0.05, 0) is 42.8 Å². The monoisotopic (exact) mass is 456 g/mol. The first kappa shape index (κ1) is 21.3. The second-order valence-corrected chi connectivity index (χ2v) is 8.41. The van der Waals surface area contributed by atoms with E-state index in [0.29, 0.717) is 28.2 Å². The average Bonchev–Trinajstić information content (AvgIpc) is 3.43. The maximum absolute atomic E-state index is 14.6. The lowest BCUT2D eigenvalue weighted by Gasteiger charge is -2.12. The molecule has 6 nitrogen and oxygen atoms in total. The van der Waals surface area contributed by atoms with Crippen molar-refractivity contribution in [1.82, 2.24) is 19.7 Å². The molecule has 0 N–H and O–H groups in total. The number of halogens is 1. The van der Waals surface area contributed by atoms with Crippen molar-refractivity contribution in [2.24, 2.45) is 0 Å². The van der Waals surface area contributed by atoms with Crippen LogP contribution in [0.25, 0.3) is 5.69 Å². The van der Waals surface area contributed by atoms with Gasteiger partial charge < -0.3 is 9.47 Å². The molecule has 0 spiro atoms. The van der Waals surface area contributed by atoms with Crippen LogP contribution in [0.3, 0.4) is 0 Å². The molecule has 0 saturated heterocycles. The molecule has 0 saturated carbocycles. The highest BCUT2D eigenvalue weighted by Crippen LogP contribution is 2.28. The molecule has 0 atom stereocenters. The Morgan fingerprint density at radius 3 is 2.55 bits per heavy atom. The summed E-state index contributed by atoms with van der Waals surface area (Å²) < 4.78 is 27.4. The van der Waals surface area contributed by atoms with Gasteiger partial charge in [-0.2, -0.15) is 0 Å². The molecule has 160 valence electrons. The molecule has 0 unspecified atom stereocenters. The summed E-state index contributed by atoms with van der Waals surface area (Å²) in [6.45, 7) is 2.23. The number of thioether (sulfide) groups is 1. The van der Waals surface area contributed by atoms with Gasteiger partial charge in [0.25, 0.3) is 0 Å². The molecule has 31 heavy (non-hydrogen) atoms. The van der Waals surface area contributed by atoms with E-state index in [2.05, 4.69) is 22.1 Å². The van der Waals surface area contributed by atoms with Crippen LogP contribution in [0.15, 0.2) is 59.1 Å². The van der Waals surface area contributed by atoms with E-state index in [1.54, 1.807) is 41.2 Å². The van der Waals surface area contributed by atoms with Gasteiger partial charge in [0.1, 0.15) is 23.9 Å². The molecule has 2 aromatic carbocycles. The van der Waals surface area contributed by atoms with Gasteiger partial charge in [0.2, 0.25) is 0 Å². The van der Waals surface area contributed by atoms with E-state index >= 15 is 0 Å². The maximum Gasteiger partial charge on any atom is 0.196 e. The van der Waals surface area contributed by atoms with E-state index in [-0.39, 0.29) is 12.4 Å². The molecular formula is C22H21FN4O2S2. The Labute approximate surface area is 188 Å². The number of para-hydroxylation sites is 1. The van der Waals surface area contributed by atoms with Crippen LogP contribution in [0.5, 0.6) is 11.5 Å². The van der Waals surface area contributed by atoms with Gasteiger partial charge in [-0.25, -0.2) is 9.37 Å². The Balaban J connectivity index is 1.57. The van der Waals surface area contributed by atoms with Crippen LogP contribution in [0.1, 0.15) is 23.4 Å². The number of thiazole rings is 1. The van der Waals surface area contributed by atoms with Crippen molar-refractivity contribution in [2.75, 3.05) is 7.11 Å². The molecule has 0 aliphatic rings. The second-order valence-electron chi connectivity index (χ2n) is 6.52. The lowest BCUT2D eigenvalue weighted by atomic mass is 10.3. The molecular weight excluding hydrogens is 435 g/mol. The van der Waals surface area contributed by atoms with Gasteiger partial charge >= 0.3 is 0 Å². The molecule has 0 fully saturated rings. The summed E-state index contributed by atoms with van der Waals surface area (Å²) in [5.41, 5.74) is 1.36. The normalized spacial score (nSPS) is 10.9. The molecule has 0 aliphatic carbocycles. The van der Waals surface area contributed by atoms with E-state index in [4.69, 9.17) is 9.47 Å². The quantitative estimate of drug-likeness (QED) is 0.318. The molecule has 2 heterocycles. The van der Waals surface area contributed by atoms with Crippen molar-refractivity contribution in [1.29, 1.82) is 0 Å². The number of ether oxygens (including phenoxy) is 2. The Morgan fingerprint density at radius 1 is 1.06 bits per heavy atom. The predicted molar refractivity (Wildman–Crippen MR) is 120 cm³/mol. The van der Waals surface area contributed by atoms with E-state index in [1.807, 2.05) is 29.6 Å². The van der Waals surface area contributed by atoms with Gasteiger partial charge in [0.05, 0.1) is 23.5 Å². The van der Waals surface area contributed by atoms with Gasteiger partial charge in [0, 0.05) is 11.1 Å². The Hall–Kier alpha value is -2.91. The Bertz CT molecular complexity index is 1140. The summed E-state index contributed by atoms with van der Waals surface area (Å²) in [5, 5.41) is 12.3. The third-order valence-electron chi connectivity index (χ3n) is 4.47. The SMILES string of the molecule is CCc1nc(CSc2nnc(COc3ccc(OC)cc3)n2-c2ccccc2F)cs1. The minimum atomic E-state index is -0.350. The lowest BCUT2D eigenvalue weighted by Crippen LogP contribution is -2.08. The zero-order chi connectivity index (χ0) is 21.6. The first-order valence-corrected chi connectivity index (χ1v) is 11.6. The van der Waals surface area contributed by atoms with E-state index in [1.165, 1.54) is 17.8 Å². The van der Waals surface area contributed by atoms with Crippen LogP contribution in [-0.4, -0.2) is 26.9 Å². The van der Waals surface area contributed by atoms with Crippen LogP contribution in [0.2, 0.25) is 0 Å². The summed E-state index contributed by atoms with van der Waals surface area (Å²) in [6, 6.07) is 13.8. The average molecular weight is 457 g/mol. The number of rotatable bonds is 9. The van der Waals surface area contributed by atoms with E-state index in [9.17, 15) is 4.39 Å². The van der Waals surface area contributed by atoms with Gasteiger partial charge in [-0.3, -0.25) is 4.57 Å². The van der Waals surface area contributed by atoms with Crippen molar-refractivity contribution >= 4 is 23.1 Å². The van der Waals surface area contributed by atoms with Crippen molar-refractivity contribution in [3.63, 3.8) is 0 Å². The fourth-order valence-electron chi connectivity index (χ4n) is 2.90. The first-order chi connectivity index (χ1) is 15.2. The van der Waals surface area contributed by atoms with Crippen molar-refractivity contribution in [3.8, 4) is 17.2 Å². The van der Waals surface area contributed by atoms with Crippen LogP contribution < -0.4 is 9.47 Å². The van der Waals surface area contributed by atoms with E-state index in [0.717, 1.165) is 22.9 Å². The van der Waals surface area contributed by atoms with Gasteiger partial charge in [-0.1, -0.05) is 30.8 Å². The third kappa shape index (κ3) is 5.05. The fraction of sp³-hybridized carbons (Fsp3) is 0.227. The molecule has 4 aromatic rings. The molecule has 2 aromatic heterocycles. The molecule has 0 amide bonds. The van der Waals surface area contributed by atoms with Crippen molar-refractivity contribution < 1.29 is 13.9 Å². The number of methoxy groups -OCH3 is 1. The number of aryl methyl sites for hydroxylation is 1. The summed E-state index contributed by atoms with van der Waals surface area (Å²) in [6.07, 6.45) is 0.910. The highest BCUT2D eigenvalue weighted by molar-refractivity contribution is 7.98. The predicted octanol–water partition coefficient (Wildman–Crippen LogP) is 5.31. The standard InChI is InChI=1S/C22H21FN4O2S2/c1-3-21-24-15(13-30-21)14-31-22-26-25-20(27(22)19-7-5-4-6-18(19)23)12-29-17-10-8-16(28-2)9-11-17/h4-11,13H,3,12,14H2,1-2H3. The smallest absolute Gasteiger partial charge is 0.196 e. The number of benzene rings is 2.